The maximum Gasteiger partial charge on any atom is 0.266 e. The average molecular weight is 331 g/mol. The molecule has 0 radical (unpaired) electrons. The fraction of sp³-hybridized carbons (Fsp3) is 0.238. The van der Waals surface area contributed by atoms with Crippen LogP contribution in [0.15, 0.2) is 47.4 Å². The Morgan fingerprint density at radius 1 is 1.04 bits per heavy atom. The van der Waals surface area contributed by atoms with Gasteiger partial charge in [0.15, 0.2) is 0 Å². The zero-order chi connectivity index (χ0) is 17.7. The van der Waals surface area contributed by atoms with Crippen molar-refractivity contribution in [3.63, 3.8) is 0 Å². The van der Waals surface area contributed by atoms with Crippen LogP contribution in [0.3, 0.4) is 0 Å². The third-order valence-electron chi connectivity index (χ3n) is 4.71. The van der Waals surface area contributed by atoms with Gasteiger partial charge in [0.05, 0.1) is 16.6 Å². The van der Waals surface area contributed by atoms with Gasteiger partial charge in [-0.15, -0.1) is 0 Å². The molecule has 4 nitrogen and oxygen atoms in total. The normalized spacial score (nSPS) is 11.7. The fourth-order valence-electron chi connectivity index (χ4n) is 3.38. The predicted molar refractivity (Wildman–Crippen MR) is 103 cm³/mol. The lowest BCUT2D eigenvalue weighted by atomic mass is 10.1. The molecule has 25 heavy (non-hydrogen) atoms. The Bertz CT molecular complexity index is 1150. The standard InChI is InChI=1S/C21H21N3O/c1-12(2)20-23-19-16(9-10-17-18(19)14(4)11-22-17)21(25)24(20)15-7-5-13(3)6-8-15/h5-12,22H,1-4H3. The highest BCUT2D eigenvalue weighted by molar-refractivity contribution is 6.05. The van der Waals surface area contributed by atoms with Crippen LogP contribution in [-0.2, 0) is 0 Å². The Morgan fingerprint density at radius 2 is 1.76 bits per heavy atom. The Labute approximate surface area is 146 Å². The minimum absolute atomic E-state index is 0.0138. The SMILES string of the molecule is Cc1ccc(-n2c(C(C)C)nc3c(ccc4[nH]cc(C)c43)c2=O)cc1. The summed E-state index contributed by atoms with van der Waals surface area (Å²) in [6.45, 7) is 8.23. The van der Waals surface area contributed by atoms with E-state index in [9.17, 15) is 4.79 Å². The van der Waals surface area contributed by atoms with Crippen molar-refractivity contribution in [1.29, 1.82) is 0 Å². The minimum Gasteiger partial charge on any atom is -0.361 e. The fourth-order valence-corrected chi connectivity index (χ4v) is 3.38. The summed E-state index contributed by atoms with van der Waals surface area (Å²) >= 11 is 0. The topological polar surface area (TPSA) is 50.7 Å². The van der Waals surface area contributed by atoms with Gasteiger partial charge in [-0.1, -0.05) is 31.5 Å². The first-order chi connectivity index (χ1) is 12.0. The molecular weight excluding hydrogens is 310 g/mol. The van der Waals surface area contributed by atoms with Crippen LogP contribution < -0.4 is 5.56 Å². The summed E-state index contributed by atoms with van der Waals surface area (Å²) in [5.41, 5.74) is 4.92. The minimum atomic E-state index is -0.0138. The van der Waals surface area contributed by atoms with Crippen molar-refractivity contribution in [2.24, 2.45) is 0 Å². The summed E-state index contributed by atoms with van der Waals surface area (Å²) < 4.78 is 1.75. The van der Waals surface area contributed by atoms with Gasteiger partial charge in [-0.05, 0) is 43.7 Å². The first-order valence-electron chi connectivity index (χ1n) is 8.57. The van der Waals surface area contributed by atoms with Crippen LogP contribution in [-0.4, -0.2) is 14.5 Å². The monoisotopic (exact) mass is 331 g/mol. The largest absolute Gasteiger partial charge is 0.361 e. The van der Waals surface area contributed by atoms with E-state index in [4.69, 9.17) is 4.98 Å². The lowest BCUT2D eigenvalue weighted by Crippen LogP contribution is -2.24. The van der Waals surface area contributed by atoms with E-state index in [1.165, 1.54) is 5.56 Å². The molecule has 0 spiro atoms. The zero-order valence-electron chi connectivity index (χ0n) is 14.9. The molecule has 0 fully saturated rings. The van der Waals surface area contributed by atoms with Crippen molar-refractivity contribution in [3.05, 3.63) is 69.9 Å². The highest BCUT2D eigenvalue weighted by Crippen LogP contribution is 2.27. The molecule has 4 aromatic rings. The summed E-state index contributed by atoms with van der Waals surface area (Å²) in [5, 5.41) is 1.69. The Kier molecular flexibility index (Phi) is 3.49. The Morgan fingerprint density at radius 3 is 2.44 bits per heavy atom. The van der Waals surface area contributed by atoms with Gasteiger partial charge in [0.2, 0.25) is 0 Å². The summed E-state index contributed by atoms with van der Waals surface area (Å²) in [6.07, 6.45) is 1.96. The van der Waals surface area contributed by atoms with Crippen LogP contribution in [0.2, 0.25) is 0 Å². The van der Waals surface area contributed by atoms with E-state index in [0.717, 1.165) is 33.5 Å². The van der Waals surface area contributed by atoms with Crippen LogP contribution in [0.25, 0.3) is 27.5 Å². The first-order valence-corrected chi connectivity index (χ1v) is 8.57. The first kappa shape index (κ1) is 15.6. The van der Waals surface area contributed by atoms with Crippen molar-refractivity contribution < 1.29 is 0 Å². The van der Waals surface area contributed by atoms with Crippen LogP contribution in [0.1, 0.15) is 36.7 Å². The molecule has 0 atom stereocenters. The number of aromatic amines is 1. The quantitative estimate of drug-likeness (QED) is 0.583. The molecular formula is C21H21N3O. The molecule has 0 aliphatic rings. The molecule has 0 unspecified atom stereocenters. The number of hydrogen-bond donors (Lipinski definition) is 1. The third kappa shape index (κ3) is 2.37. The van der Waals surface area contributed by atoms with Crippen molar-refractivity contribution in [2.75, 3.05) is 0 Å². The van der Waals surface area contributed by atoms with Crippen LogP contribution in [0.4, 0.5) is 0 Å². The maximum atomic E-state index is 13.3. The van der Waals surface area contributed by atoms with Gasteiger partial charge >= 0.3 is 0 Å². The third-order valence-corrected chi connectivity index (χ3v) is 4.71. The van der Waals surface area contributed by atoms with E-state index in [-0.39, 0.29) is 11.5 Å². The van der Waals surface area contributed by atoms with Crippen molar-refractivity contribution in [1.82, 2.24) is 14.5 Å². The number of nitrogens with one attached hydrogen (secondary N) is 1. The Balaban J connectivity index is 2.16. The predicted octanol–water partition coefficient (Wildman–Crippen LogP) is 4.61. The second kappa shape index (κ2) is 5.59. The second-order valence-electron chi connectivity index (χ2n) is 6.96. The van der Waals surface area contributed by atoms with E-state index >= 15 is 0 Å². The molecule has 0 saturated heterocycles. The van der Waals surface area contributed by atoms with Gasteiger partial charge in [0.25, 0.3) is 5.56 Å². The molecule has 2 aromatic heterocycles. The number of H-pyrrole nitrogens is 1. The van der Waals surface area contributed by atoms with Gasteiger partial charge < -0.3 is 4.98 Å². The number of benzene rings is 2. The summed E-state index contributed by atoms with van der Waals surface area (Å²) in [6, 6.07) is 11.8. The molecule has 4 rings (SSSR count). The molecule has 2 heterocycles. The summed E-state index contributed by atoms with van der Waals surface area (Å²) in [5.74, 6) is 0.919. The van der Waals surface area contributed by atoms with Crippen molar-refractivity contribution >= 4 is 21.8 Å². The number of hydrogen-bond acceptors (Lipinski definition) is 2. The molecule has 0 saturated carbocycles. The van der Waals surface area contributed by atoms with Gasteiger partial charge in [0.1, 0.15) is 5.82 Å². The van der Waals surface area contributed by atoms with E-state index < -0.39 is 0 Å². The van der Waals surface area contributed by atoms with Crippen LogP contribution in [0, 0.1) is 13.8 Å². The summed E-state index contributed by atoms with van der Waals surface area (Å²) in [4.78, 5) is 21.5. The van der Waals surface area contributed by atoms with Gasteiger partial charge in [-0.25, -0.2) is 4.98 Å². The van der Waals surface area contributed by atoms with Crippen LogP contribution in [0.5, 0.6) is 0 Å². The lowest BCUT2D eigenvalue weighted by Gasteiger charge is -2.16. The van der Waals surface area contributed by atoms with E-state index in [2.05, 4.69) is 18.8 Å². The van der Waals surface area contributed by atoms with Crippen molar-refractivity contribution in [3.8, 4) is 5.69 Å². The molecule has 4 heteroatoms. The molecule has 126 valence electrons. The molecule has 0 aliphatic heterocycles. The number of rotatable bonds is 2. The van der Waals surface area contributed by atoms with Gasteiger partial charge in [0, 0.05) is 23.0 Å². The smallest absolute Gasteiger partial charge is 0.266 e. The molecule has 2 aromatic carbocycles. The molecule has 1 N–H and O–H groups in total. The second-order valence-corrected chi connectivity index (χ2v) is 6.96. The van der Waals surface area contributed by atoms with E-state index in [1.54, 1.807) is 4.57 Å². The molecule has 0 aliphatic carbocycles. The zero-order valence-corrected chi connectivity index (χ0v) is 14.9. The highest BCUT2D eigenvalue weighted by atomic mass is 16.1. The average Bonchev–Trinajstić information content (AvgIpc) is 2.97. The summed E-state index contributed by atoms with van der Waals surface area (Å²) in [7, 11) is 0. The lowest BCUT2D eigenvalue weighted by molar-refractivity contribution is 0.723. The van der Waals surface area contributed by atoms with Crippen molar-refractivity contribution in [2.45, 2.75) is 33.6 Å². The van der Waals surface area contributed by atoms with Gasteiger partial charge in [-0.3, -0.25) is 9.36 Å². The number of aryl methyl sites for hydroxylation is 2. The highest BCUT2D eigenvalue weighted by Gasteiger charge is 2.17. The maximum absolute atomic E-state index is 13.3. The number of fused-ring (bicyclic) bond motifs is 3. The molecule has 0 amide bonds. The van der Waals surface area contributed by atoms with E-state index in [0.29, 0.717) is 5.39 Å². The van der Waals surface area contributed by atoms with Crippen LogP contribution >= 0.6 is 0 Å². The van der Waals surface area contributed by atoms with E-state index in [1.807, 2.05) is 56.4 Å². The molecule has 0 bridgehead atoms. The Hall–Kier alpha value is -2.88. The number of nitrogens with zero attached hydrogens (tertiary/aromatic N) is 2. The number of aromatic nitrogens is 3. The van der Waals surface area contributed by atoms with Gasteiger partial charge in [-0.2, -0.15) is 0 Å².